The second kappa shape index (κ2) is 6.45. The summed E-state index contributed by atoms with van der Waals surface area (Å²) in [4.78, 5) is 9.93. The monoisotopic (exact) mass is 293 g/mol. The molecular weight excluding hydrogens is 276 g/mol. The van der Waals surface area contributed by atoms with E-state index in [0.29, 0.717) is 13.1 Å². The van der Waals surface area contributed by atoms with Crippen LogP contribution in [0.25, 0.3) is 0 Å². The number of anilines is 2. The third-order valence-electron chi connectivity index (χ3n) is 3.03. The first-order chi connectivity index (χ1) is 10.0. The topological polar surface area (TPSA) is 67.1 Å². The SMILES string of the molecule is CCN(Cc1cccc(C)n1)c1nc(NN)c(F)cc1F. The zero-order chi connectivity index (χ0) is 15.4. The Balaban J connectivity index is 2.33. The molecule has 0 fully saturated rings. The summed E-state index contributed by atoms with van der Waals surface area (Å²) in [6.07, 6.45) is 0. The summed E-state index contributed by atoms with van der Waals surface area (Å²) in [5, 5.41) is 0. The number of nitrogens with zero attached hydrogens (tertiary/aromatic N) is 3. The van der Waals surface area contributed by atoms with Crippen molar-refractivity contribution < 1.29 is 8.78 Å². The molecule has 21 heavy (non-hydrogen) atoms. The van der Waals surface area contributed by atoms with Crippen LogP contribution in [0.15, 0.2) is 24.3 Å². The molecule has 7 heteroatoms. The predicted octanol–water partition coefficient (Wildman–Crippen LogP) is 2.38. The van der Waals surface area contributed by atoms with Crippen molar-refractivity contribution >= 4 is 11.6 Å². The molecule has 0 saturated carbocycles. The predicted molar refractivity (Wildman–Crippen MR) is 77.7 cm³/mol. The van der Waals surface area contributed by atoms with Gasteiger partial charge in [-0.15, -0.1) is 0 Å². The molecule has 0 saturated heterocycles. The maximum Gasteiger partial charge on any atom is 0.178 e. The summed E-state index contributed by atoms with van der Waals surface area (Å²) < 4.78 is 27.4. The van der Waals surface area contributed by atoms with Crippen LogP contribution in [0, 0.1) is 18.6 Å². The molecule has 2 aromatic rings. The highest BCUT2D eigenvalue weighted by molar-refractivity contribution is 5.49. The maximum absolute atomic E-state index is 14.0. The molecule has 2 heterocycles. The average molecular weight is 293 g/mol. The summed E-state index contributed by atoms with van der Waals surface area (Å²) in [5.74, 6) is 3.46. The van der Waals surface area contributed by atoms with Gasteiger partial charge in [0.25, 0.3) is 0 Å². The summed E-state index contributed by atoms with van der Waals surface area (Å²) >= 11 is 0. The van der Waals surface area contributed by atoms with Crippen LogP contribution in [0.1, 0.15) is 18.3 Å². The third-order valence-corrected chi connectivity index (χ3v) is 3.03. The normalized spacial score (nSPS) is 10.5. The molecule has 0 aliphatic heterocycles. The van der Waals surface area contributed by atoms with Gasteiger partial charge in [-0.1, -0.05) is 6.07 Å². The molecule has 5 nitrogen and oxygen atoms in total. The Morgan fingerprint density at radius 1 is 1.24 bits per heavy atom. The van der Waals surface area contributed by atoms with Crippen molar-refractivity contribution in [3.63, 3.8) is 0 Å². The van der Waals surface area contributed by atoms with Gasteiger partial charge in [0.15, 0.2) is 23.3 Å². The van der Waals surface area contributed by atoms with E-state index in [2.05, 4.69) is 15.4 Å². The molecule has 112 valence electrons. The Kier molecular flexibility index (Phi) is 4.64. The second-order valence-corrected chi connectivity index (χ2v) is 4.55. The quantitative estimate of drug-likeness (QED) is 0.654. The van der Waals surface area contributed by atoms with E-state index in [0.717, 1.165) is 17.5 Å². The van der Waals surface area contributed by atoms with E-state index in [1.165, 1.54) is 0 Å². The van der Waals surface area contributed by atoms with Crippen LogP contribution in [-0.4, -0.2) is 16.5 Å². The highest BCUT2D eigenvalue weighted by Crippen LogP contribution is 2.23. The lowest BCUT2D eigenvalue weighted by Gasteiger charge is -2.22. The number of hydrogen-bond donors (Lipinski definition) is 2. The first-order valence-electron chi connectivity index (χ1n) is 6.55. The fourth-order valence-electron chi connectivity index (χ4n) is 2.00. The molecule has 0 aliphatic carbocycles. The molecule has 2 rings (SSSR count). The molecule has 0 bridgehead atoms. The van der Waals surface area contributed by atoms with Gasteiger partial charge in [0.1, 0.15) is 0 Å². The standard InChI is InChI=1S/C14H17F2N5/c1-3-21(8-10-6-4-5-9(2)18-10)14-12(16)7-11(15)13(19-14)20-17/h4-7H,3,8,17H2,1-2H3,(H,19,20). The lowest BCUT2D eigenvalue weighted by Crippen LogP contribution is -2.26. The Hall–Kier alpha value is -2.28. The summed E-state index contributed by atoms with van der Waals surface area (Å²) in [6, 6.07) is 6.38. The van der Waals surface area contributed by atoms with Crippen molar-refractivity contribution in [1.29, 1.82) is 0 Å². The van der Waals surface area contributed by atoms with Gasteiger partial charge in [0.2, 0.25) is 0 Å². The van der Waals surface area contributed by atoms with Crippen molar-refractivity contribution in [2.24, 2.45) is 5.84 Å². The van der Waals surface area contributed by atoms with Gasteiger partial charge in [0, 0.05) is 18.3 Å². The minimum atomic E-state index is -0.830. The van der Waals surface area contributed by atoms with Crippen molar-refractivity contribution in [2.75, 3.05) is 16.9 Å². The van der Waals surface area contributed by atoms with Crippen LogP contribution in [-0.2, 0) is 6.54 Å². The number of rotatable bonds is 5. The van der Waals surface area contributed by atoms with Crippen molar-refractivity contribution in [3.05, 3.63) is 47.3 Å². The summed E-state index contributed by atoms with van der Waals surface area (Å²) in [7, 11) is 0. The minimum Gasteiger partial charge on any atom is -0.348 e. The number of nitrogens with one attached hydrogen (secondary N) is 1. The van der Waals surface area contributed by atoms with Gasteiger partial charge >= 0.3 is 0 Å². The van der Waals surface area contributed by atoms with Gasteiger partial charge in [-0.3, -0.25) is 4.98 Å². The highest BCUT2D eigenvalue weighted by atomic mass is 19.1. The molecule has 0 spiro atoms. The van der Waals surface area contributed by atoms with Gasteiger partial charge in [-0.25, -0.2) is 19.6 Å². The van der Waals surface area contributed by atoms with Gasteiger partial charge < -0.3 is 10.3 Å². The number of aromatic nitrogens is 2. The van der Waals surface area contributed by atoms with Crippen LogP contribution < -0.4 is 16.2 Å². The molecule has 0 aliphatic rings. The second-order valence-electron chi connectivity index (χ2n) is 4.55. The van der Waals surface area contributed by atoms with Crippen molar-refractivity contribution in [3.8, 4) is 0 Å². The fourth-order valence-corrected chi connectivity index (χ4v) is 2.00. The first kappa shape index (κ1) is 15.1. The fraction of sp³-hybridized carbons (Fsp3) is 0.286. The molecule has 0 aromatic carbocycles. The minimum absolute atomic E-state index is 0.0372. The Morgan fingerprint density at radius 2 is 2.00 bits per heavy atom. The van der Waals surface area contributed by atoms with E-state index < -0.39 is 11.6 Å². The lowest BCUT2D eigenvalue weighted by molar-refractivity contribution is 0.569. The molecule has 2 aromatic heterocycles. The largest absolute Gasteiger partial charge is 0.348 e. The number of nitrogen functional groups attached to an aromatic ring is 1. The Bertz CT molecular complexity index is 633. The van der Waals surface area contributed by atoms with Crippen LogP contribution in [0.5, 0.6) is 0 Å². The smallest absolute Gasteiger partial charge is 0.178 e. The highest BCUT2D eigenvalue weighted by Gasteiger charge is 2.17. The first-order valence-corrected chi connectivity index (χ1v) is 6.55. The Morgan fingerprint density at radius 3 is 2.62 bits per heavy atom. The summed E-state index contributed by atoms with van der Waals surface area (Å²) in [5.41, 5.74) is 3.78. The van der Waals surface area contributed by atoms with Crippen LogP contribution >= 0.6 is 0 Å². The number of nitrogens with two attached hydrogens (primary N) is 1. The molecular formula is C14H17F2N5. The van der Waals surface area contributed by atoms with E-state index in [-0.39, 0.29) is 11.6 Å². The van der Waals surface area contributed by atoms with Gasteiger partial charge in [0.05, 0.1) is 12.2 Å². The van der Waals surface area contributed by atoms with Gasteiger partial charge in [-0.05, 0) is 26.0 Å². The molecule has 3 N–H and O–H groups in total. The molecule has 0 unspecified atom stereocenters. The molecule has 0 radical (unpaired) electrons. The van der Waals surface area contributed by atoms with E-state index in [1.54, 1.807) is 4.90 Å². The van der Waals surface area contributed by atoms with Crippen molar-refractivity contribution in [1.82, 2.24) is 9.97 Å². The van der Waals surface area contributed by atoms with Gasteiger partial charge in [-0.2, -0.15) is 0 Å². The van der Waals surface area contributed by atoms with E-state index in [4.69, 9.17) is 5.84 Å². The number of hydrazine groups is 1. The third kappa shape index (κ3) is 3.43. The lowest BCUT2D eigenvalue weighted by atomic mass is 10.3. The maximum atomic E-state index is 14.0. The average Bonchev–Trinajstić information content (AvgIpc) is 2.45. The van der Waals surface area contributed by atoms with E-state index in [9.17, 15) is 8.78 Å². The molecule has 0 amide bonds. The van der Waals surface area contributed by atoms with Crippen LogP contribution in [0.3, 0.4) is 0 Å². The number of halogens is 2. The Labute approximate surface area is 121 Å². The number of aryl methyl sites for hydroxylation is 1. The van der Waals surface area contributed by atoms with Crippen molar-refractivity contribution in [2.45, 2.75) is 20.4 Å². The van der Waals surface area contributed by atoms with E-state index in [1.807, 2.05) is 32.0 Å². The number of pyridine rings is 2. The van der Waals surface area contributed by atoms with Crippen LogP contribution in [0.4, 0.5) is 20.4 Å². The number of hydrogen-bond acceptors (Lipinski definition) is 5. The van der Waals surface area contributed by atoms with Crippen LogP contribution in [0.2, 0.25) is 0 Å². The zero-order valence-corrected chi connectivity index (χ0v) is 11.9. The zero-order valence-electron chi connectivity index (χ0n) is 11.9. The summed E-state index contributed by atoms with van der Waals surface area (Å²) in [6.45, 7) is 4.61. The molecule has 0 atom stereocenters. The van der Waals surface area contributed by atoms with E-state index >= 15 is 0 Å².